The quantitative estimate of drug-likeness (QED) is 0.208. The van der Waals surface area contributed by atoms with Gasteiger partial charge in [0.05, 0.1) is 31.8 Å². The van der Waals surface area contributed by atoms with E-state index in [1.165, 1.54) is 20.3 Å². The van der Waals surface area contributed by atoms with Crippen LogP contribution < -0.4 is 19.6 Å². The maximum absolute atomic E-state index is 13.3. The van der Waals surface area contributed by atoms with E-state index in [0.29, 0.717) is 22.6 Å². The highest BCUT2D eigenvalue weighted by atomic mass is 16.5. The lowest BCUT2D eigenvalue weighted by Gasteiger charge is -2.28. The first-order chi connectivity index (χ1) is 20.2. The van der Waals surface area contributed by atoms with Crippen LogP contribution in [0.4, 0.5) is 0 Å². The molecule has 42 heavy (non-hydrogen) atoms. The molecule has 6 rings (SSSR count). The van der Waals surface area contributed by atoms with E-state index >= 15 is 0 Å². The minimum Gasteiger partial charge on any atom is -0.507 e. The monoisotopic (exact) mass is 568 g/mol. The molecule has 0 amide bonds. The summed E-state index contributed by atoms with van der Waals surface area (Å²) in [6.45, 7) is 0. The zero-order chi connectivity index (χ0) is 29.7. The number of hydrogen-bond acceptors (Lipinski definition) is 10. The van der Waals surface area contributed by atoms with Gasteiger partial charge in [-0.05, 0) is 42.0 Å². The van der Waals surface area contributed by atoms with Gasteiger partial charge >= 0.3 is 0 Å². The van der Waals surface area contributed by atoms with Crippen LogP contribution in [-0.4, -0.2) is 40.4 Å². The Labute approximate surface area is 238 Å². The van der Waals surface area contributed by atoms with Crippen molar-refractivity contribution in [2.45, 2.75) is 12.5 Å². The molecule has 5 aromatic rings. The van der Waals surface area contributed by atoms with Gasteiger partial charge in [-0.1, -0.05) is 12.1 Å². The maximum Gasteiger partial charge on any atom is 0.197 e. The molecule has 0 saturated carbocycles. The van der Waals surface area contributed by atoms with Crippen molar-refractivity contribution in [3.8, 4) is 62.7 Å². The standard InChI is InChI=1S/C32H24O10/c1-39-17-7-3-15(4-8-17)25-13-23(37)27-19(33)11-21(35)29(31(27)41-25)30-22(36)12-20(34)28-24(38)14-26(42-32(28)30)16-5-9-18(40-2)10-6-16/h3-13,26,33-36H,14H2,1-2H3/t26-/m0/s1. The fourth-order valence-electron chi connectivity index (χ4n) is 5.16. The number of methoxy groups -OCH3 is 2. The van der Waals surface area contributed by atoms with Gasteiger partial charge in [-0.2, -0.15) is 0 Å². The van der Waals surface area contributed by atoms with Gasteiger partial charge in [0.2, 0.25) is 0 Å². The van der Waals surface area contributed by atoms with Crippen molar-refractivity contribution in [3.63, 3.8) is 0 Å². The molecule has 10 heteroatoms. The molecule has 0 spiro atoms. The van der Waals surface area contributed by atoms with Crippen LogP contribution in [0.1, 0.15) is 28.4 Å². The van der Waals surface area contributed by atoms with Crippen LogP contribution in [0.3, 0.4) is 0 Å². The van der Waals surface area contributed by atoms with Crippen molar-refractivity contribution < 1.29 is 43.8 Å². The zero-order valence-corrected chi connectivity index (χ0v) is 22.4. The molecule has 4 aromatic carbocycles. The molecular formula is C32H24O10. The lowest BCUT2D eigenvalue weighted by molar-refractivity contribution is 0.0846. The van der Waals surface area contributed by atoms with Crippen LogP contribution in [-0.2, 0) is 0 Å². The van der Waals surface area contributed by atoms with Crippen molar-refractivity contribution in [2.24, 2.45) is 0 Å². The fourth-order valence-corrected chi connectivity index (χ4v) is 5.16. The highest BCUT2D eigenvalue weighted by molar-refractivity contribution is 6.09. The number of hydrogen-bond donors (Lipinski definition) is 4. The normalized spacial score (nSPS) is 14.3. The molecule has 1 aliphatic heterocycles. The summed E-state index contributed by atoms with van der Waals surface area (Å²) in [5.41, 5.74) is -0.401. The van der Waals surface area contributed by atoms with Crippen molar-refractivity contribution >= 4 is 16.8 Å². The molecule has 2 heterocycles. The second-order valence-corrected chi connectivity index (χ2v) is 9.70. The van der Waals surface area contributed by atoms with Gasteiger partial charge < -0.3 is 39.1 Å². The number of carbonyl (C=O) groups excluding carboxylic acids is 1. The Morgan fingerprint density at radius 1 is 0.714 bits per heavy atom. The predicted octanol–water partition coefficient (Wildman–Crippen LogP) is 5.67. The van der Waals surface area contributed by atoms with Crippen LogP contribution in [0, 0.1) is 0 Å². The average Bonchev–Trinajstić information content (AvgIpc) is 2.97. The third-order valence-corrected chi connectivity index (χ3v) is 7.22. The number of benzene rings is 4. The Morgan fingerprint density at radius 3 is 1.93 bits per heavy atom. The van der Waals surface area contributed by atoms with E-state index in [1.54, 1.807) is 48.5 Å². The van der Waals surface area contributed by atoms with E-state index in [9.17, 15) is 30.0 Å². The Morgan fingerprint density at radius 2 is 1.29 bits per heavy atom. The average molecular weight is 569 g/mol. The van der Waals surface area contributed by atoms with E-state index in [0.717, 1.165) is 12.1 Å². The van der Waals surface area contributed by atoms with Gasteiger partial charge in [-0.3, -0.25) is 9.59 Å². The number of Topliss-reactive ketones (excluding diaryl/α,β-unsaturated/α-hetero) is 1. The highest BCUT2D eigenvalue weighted by Crippen LogP contribution is 2.54. The number of ketones is 1. The molecule has 0 unspecified atom stereocenters. The number of fused-ring (bicyclic) bond motifs is 2. The van der Waals surface area contributed by atoms with Gasteiger partial charge in [-0.25, -0.2) is 0 Å². The van der Waals surface area contributed by atoms with Crippen LogP contribution in [0.5, 0.6) is 40.2 Å². The molecule has 212 valence electrons. The smallest absolute Gasteiger partial charge is 0.197 e. The Kier molecular flexibility index (Phi) is 6.38. The number of ether oxygens (including phenoxy) is 3. The van der Waals surface area contributed by atoms with Crippen LogP contribution in [0.25, 0.3) is 33.4 Å². The first-order valence-electron chi connectivity index (χ1n) is 12.8. The third-order valence-electron chi connectivity index (χ3n) is 7.22. The minimum absolute atomic E-state index is 0.0987. The molecule has 0 aliphatic carbocycles. The number of rotatable bonds is 5. The second kappa shape index (κ2) is 10.1. The van der Waals surface area contributed by atoms with E-state index < -0.39 is 40.3 Å². The summed E-state index contributed by atoms with van der Waals surface area (Å²) < 4.78 is 22.7. The van der Waals surface area contributed by atoms with Gasteiger partial charge in [0.15, 0.2) is 16.8 Å². The van der Waals surface area contributed by atoms with Crippen LogP contribution >= 0.6 is 0 Å². The molecule has 0 fully saturated rings. The summed E-state index contributed by atoms with van der Waals surface area (Å²) in [4.78, 5) is 26.6. The van der Waals surface area contributed by atoms with Crippen molar-refractivity contribution in [3.05, 3.63) is 88.1 Å². The number of aromatic hydroxyl groups is 4. The minimum atomic E-state index is -0.816. The van der Waals surface area contributed by atoms with Gasteiger partial charge in [0, 0.05) is 23.8 Å². The molecule has 1 atom stereocenters. The van der Waals surface area contributed by atoms with Crippen molar-refractivity contribution in [2.75, 3.05) is 14.2 Å². The van der Waals surface area contributed by atoms with Gasteiger partial charge in [0.1, 0.15) is 63.1 Å². The molecule has 1 aromatic heterocycles. The summed E-state index contributed by atoms with van der Waals surface area (Å²) in [7, 11) is 3.04. The zero-order valence-electron chi connectivity index (χ0n) is 22.4. The Balaban J connectivity index is 1.61. The van der Waals surface area contributed by atoms with Crippen LogP contribution in [0.2, 0.25) is 0 Å². The van der Waals surface area contributed by atoms with Crippen LogP contribution in [0.15, 0.2) is 75.9 Å². The summed E-state index contributed by atoms with van der Waals surface area (Å²) >= 11 is 0. The SMILES string of the molecule is COc1ccc(-c2cc(=O)c3c(O)cc(O)c(-c4c(O)cc(O)c5c4O[C@H](c4ccc(OC)cc4)CC5=O)c3o2)cc1. The maximum atomic E-state index is 13.3. The summed E-state index contributed by atoms with van der Waals surface area (Å²) in [5, 5.41) is 43.2. The summed E-state index contributed by atoms with van der Waals surface area (Å²) in [6, 6.07) is 16.6. The fraction of sp³-hybridized carbons (Fsp3) is 0.125. The second-order valence-electron chi connectivity index (χ2n) is 9.70. The molecule has 0 bridgehead atoms. The first kappa shape index (κ1) is 26.6. The number of phenols is 4. The first-order valence-corrected chi connectivity index (χ1v) is 12.8. The van der Waals surface area contributed by atoms with Crippen molar-refractivity contribution in [1.82, 2.24) is 0 Å². The van der Waals surface area contributed by atoms with E-state index in [-0.39, 0.29) is 45.6 Å². The lowest BCUT2D eigenvalue weighted by Crippen LogP contribution is -2.21. The highest BCUT2D eigenvalue weighted by Gasteiger charge is 2.36. The Bertz CT molecular complexity index is 1920. The van der Waals surface area contributed by atoms with Gasteiger partial charge in [-0.15, -0.1) is 0 Å². The lowest BCUT2D eigenvalue weighted by atomic mass is 9.90. The Hall–Kier alpha value is -5.64. The molecule has 1 aliphatic rings. The van der Waals surface area contributed by atoms with E-state index in [2.05, 4.69) is 0 Å². The van der Waals surface area contributed by atoms with Gasteiger partial charge in [0.25, 0.3) is 0 Å². The number of phenolic OH excluding ortho intramolecular Hbond substituents is 4. The molecule has 4 N–H and O–H groups in total. The van der Waals surface area contributed by atoms with Crippen molar-refractivity contribution in [1.29, 1.82) is 0 Å². The van der Waals surface area contributed by atoms with E-state index in [4.69, 9.17) is 18.6 Å². The number of carbonyl (C=O) groups is 1. The molecule has 0 radical (unpaired) electrons. The largest absolute Gasteiger partial charge is 0.507 e. The summed E-state index contributed by atoms with van der Waals surface area (Å²) in [5.74, 6) is -1.62. The third kappa shape index (κ3) is 4.29. The van der Waals surface area contributed by atoms with E-state index in [1.807, 2.05) is 0 Å². The molecule has 0 saturated heterocycles. The molecule has 10 nitrogen and oxygen atoms in total. The molecular weight excluding hydrogens is 544 g/mol. The summed E-state index contributed by atoms with van der Waals surface area (Å²) in [6.07, 6.45) is -0.931. The topological polar surface area (TPSA) is 156 Å². The predicted molar refractivity (Wildman–Crippen MR) is 152 cm³/mol.